The van der Waals surface area contributed by atoms with Crippen LogP contribution in [0, 0.1) is 0 Å². The Morgan fingerprint density at radius 2 is 2.09 bits per heavy atom. The largest absolute Gasteiger partial charge is 0.478 e. The molecule has 2 rings (SSSR count). The zero-order valence-electron chi connectivity index (χ0n) is 13.1. The van der Waals surface area contributed by atoms with Gasteiger partial charge in [0, 0.05) is 32.5 Å². The second kappa shape index (κ2) is 7.55. The van der Waals surface area contributed by atoms with Crippen molar-refractivity contribution in [2.45, 2.75) is 19.4 Å². The monoisotopic (exact) mass is 317 g/mol. The van der Waals surface area contributed by atoms with Gasteiger partial charge in [-0.2, -0.15) is 5.10 Å². The molecular formula is C16H19N3O4. The fraction of sp³-hybridized carbons (Fsp3) is 0.312. The topological polar surface area (TPSA) is 93.5 Å². The van der Waals surface area contributed by atoms with Crippen molar-refractivity contribution in [3.63, 3.8) is 0 Å². The average Bonchev–Trinajstić information content (AvgIpc) is 2.91. The van der Waals surface area contributed by atoms with Crippen LogP contribution in [0.3, 0.4) is 0 Å². The standard InChI is InChI=1S/C16H19N3O4/c1-19-9-11(8-17-19)3-4-15(20)18-14-6-12(10-23-2)5-13(7-14)16(21)22/h5-9H,3-4,10H2,1-2H3,(H,18,20)(H,21,22). The van der Waals surface area contributed by atoms with Crippen LogP contribution >= 0.6 is 0 Å². The molecule has 7 heteroatoms. The lowest BCUT2D eigenvalue weighted by atomic mass is 10.1. The number of benzene rings is 1. The molecule has 1 amide bonds. The van der Waals surface area contributed by atoms with Crippen molar-refractivity contribution >= 4 is 17.6 Å². The van der Waals surface area contributed by atoms with Crippen molar-refractivity contribution in [2.24, 2.45) is 7.05 Å². The van der Waals surface area contributed by atoms with Crippen molar-refractivity contribution in [3.8, 4) is 0 Å². The van der Waals surface area contributed by atoms with Gasteiger partial charge in [-0.1, -0.05) is 0 Å². The van der Waals surface area contributed by atoms with Crippen LogP contribution in [0.15, 0.2) is 30.6 Å². The number of amides is 1. The van der Waals surface area contributed by atoms with Gasteiger partial charge in [0.25, 0.3) is 0 Å². The first kappa shape index (κ1) is 16.7. The van der Waals surface area contributed by atoms with E-state index < -0.39 is 5.97 Å². The maximum Gasteiger partial charge on any atom is 0.335 e. The fourth-order valence-electron chi connectivity index (χ4n) is 2.22. The van der Waals surface area contributed by atoms with E-state index in [0.717, 1.165) is 5.56 Å². The van der Waals surface area contributed by atoms with Crippen LogP contribution in [0.25, 0.3) is 0 Å². The number of aromatic nitrogens is 2. The van der Waals surface area contributed by atoms with Gasteiger partial charge in [0.2, 0.25) is 5.91 Å². The third-order valence-electron chi connectivity index (χ3n) is 3.23. The minimum Gasteiger partial charge on any atom is -0.478 e. The van der Waals surface area contributed by atoms with Gasteiger partial charge in [0.15, 0.2) is 0 Å². The molecule has 23 heavy (non-hydrogen) atoms. The highest BCUT2D eigenvalue weighted by atomic mass is 16.5. The number of aryl methyl sites for hydroxylation is 2. The van der Waals surface area contributed by atoms with Crippen LogP contribution < -0.4 is 5.32 Å². The number of carbonyl (C=O) groups is 2. The summed E-state index contributed by atoms with van der Waals surface area (Å²) in [7, 11) is 3.35. The second-order valence-electron chi connectivity index (χ2n) is 5.23. The highest BCUT2D eigenvalue weighted by molar-refractivity contribution is 5.94. The van der Waals surface area contributed by atoms with Crippen molar-refractivity contribution in [2.75, 3.05) is 12.4 Å². The number of carboxylic acids is 1. The summed E-state index contributed by atoms with van der Waals surface area (Å²) in [6, 6.07) is 4.67. The van der Waals surface area contributed by atoms with Gasteiger partial charge in [-0.3, -0.25) is 9.48 Å². The molecule has 1 aromatic carbocycles. The maximum absolute atomic E-state index is 12.0. The van der Waals surface area contributed by atoms with Crippen LogP contribution in [-0.2, 0) is 29.6 Å². The Kier molecular flexibility index (Phi) is 5.48. The van der Waals surface area contributed by atoms with Gasteiger partial charge >= 0.3 is 5.97 Å². The lowest BCUT2D eigenvalue weighted by Crippen LogP contribution is -2.13. The van der Waals surface area contributed by atoms with Crippen LogP contribution in [0.5, 0.6) is 0 Å². The Morgan fingerprint density at radius 3 is 2.70 bits per heavy atom. The number of anilines is 1. The van der Waals surface area contributed by atoms with Crippen LogP contribution in [0.4, 0.5) is 5.69 Å². The Hall–Kier alpha value is -2.67. The number of hydrogen-bond acceptors (Lipinski definition) is 4. The number of ether oxygens (including phenoxy) is 1. The summed E-state index contributed by atoms with van der Waals surface area (Å²) < 4.78 is 6.70. The molecule has 0 atom stereocenters. The number of rotatable bonds is 7. The smallest absolute Gasteiger partial charge is 0.335 e. The minimum absolute atomic E-state index is 0.113. The number of hydrogen-bond donors (Lipinski definition) is 2. The minimum atomic E-state index is -1.05. The predicted octanol–water partition coefficient (Wildman–Crippen LogP) is 1.84. The lowest BCUT2D eigenvalue weighted by Gasteiger charge is -2.09. The van der Waals surface area contributed by atoms with E-state index in [2.05, 4.69) is 10.4 Å². The normalized spacial score (nSPS) is 10.5. The van der Waals surface area contributed by atoms with Crippen LogP contribution in [0.2, 0.25) is 0 Å². The van der Waals surface area contributed by atoms with Crippen LogP contribution in [0.1, 0.15) is 27.9 Å². The first-order valence-electron chi connectivity index (χ1n) is 7.11. The van der Waals surface area contributed by atoms with Gasteiger partial charge in [0.05, 0.1) is 18.4 Å². The molecule has 122 valence electrons. The van der Waals surface area contributed by atoms with E-state index in [0.29, 0.717) is 24.1 Å². The molecule has 0 unspecified atom stereocenters. The van der Waals surface area contributed by atoms with Crippen molar-refractivity contribution in [3.05, 3.63) is 47.3 Å². The quantitative estimate of drug-likeness (QED) is 0.812. The molecule has 0 bridgehead atoms. The summed E-state index contributed by atoms with van der Waals surface area (Å²) in [6.07, 6.45) is 4.44. The predicted molar refractivity (Wildman–Crippen MR) is 84.3 cm³/mol. The van der Waals surface area contributed by atoms with E-state index in [9.17, 15) is 9.59 Å². The molecule has 1 aromatic heterocycles. The van der Waals surface area contributed by atoms with Crippen molar-refractivity contribution in [1.29, 1.82) is 0 Å². The summed E-state index contributed by atoms with van der Waals surface area (Å²) in [5.41, 5.74) is 2.23. The number of aromatic carboxylic acids is 1. The summed E-state index contributed by atoms with van der Waals surface area (Å²) in [5.74, 6) is -1.23. The Morgan fingerprint density at radius 1 is 1.30 bits per heavy atom. The molecule has 0 saturated carbocycles. The molecule has 0 aliphatic carbocycles. The molecule has 2 N–H and O–H groups in total. The van der Waals surface area contributed by atoms with Gasteiger partial charge < -0.3 is 15.2 Å². The molecular weight excluding hydrogens is 298 g/mol. The molecule has 2 aromatic rings. The van der Waals surface area contributed by atoms with Crippen molar-refractivity contribution < 1.29 is 19.4 Å². The number of carbonyl (C=O) groups excluding carboxylic acids is 1. The third kappa shape index (κ3) is 4.93. The molecule has 0 aliphatic rings. The maximum atomic E-state index is 12.0. The van der Waals surface area contributed by atoms with E-state index in [1.807, 2.05) is 13.2 Å². The van der Waals surface area contributed by atoms with Gasteiger partial charge in [-0.25, -0.2) is 4.79 Å². The van der Waals surface area contributed by atoms with Gasteiger partial charge in [0.1, 0.15) is 0 Å². The first-order valence-corrected chi connectivity index (χ1v) is 7.11. The molecule has 1 heterocycles. The number of nitrogens with one attached hydrogen (secondary N) is 1. The number of carboxylic acid groups (broad SMARTS) is 1. The van der Waals surface area contributed by atoms with E-state index in [4.69, 9.17) is 9.84 Å². The van der Waals surface area contributed by atoms with Gasteiger partial charge in [-0.05, 0) is 35.7 Å². The first-order chi connectivity index (χ1) is 11.0. The lowest BCUT2D eigenvalue weighted by molar-refractivity contribution is -0.116. The van der Waals surface area contributed by atoms with E-state index in [1.54, 1.807) is 16.9 Å². The summed E-state index contributed by atoms with van der Waals surface area (Å²) in [4.78, 5) is 23.2. The van der Waals surface area contributed by atoms with Crippen LogP contribution in [-0.4, -0.2) is 33.9 Å². The van der Waals surface area contributed by atoms with Gasteiger partial charge in [-0.15, -0.1) is 0 Å². The SMILES string of the molecule is COCc1cc(NC(=O)CCc2cnn(C)c2)cc(C(=O)O)c1. The molecule has 0 saturated heterocycles. The second-order valence-corrected chi connectivity index (χ2v) is 5.23. The fourth-order valence-corrected chi connectivity index (χ4v) is 2.22. The van der Waals surface area contributed by atoms with Crippen molar-refractivity contribution in [1.82, 2.24) is 9.78 Å². The third-order valence-corrected chi connectivity index (χ3v) is 3.23. The molecule has 0 aliphatic heterocycles. The van der Waals surface area contributed by atoms with E-state index in [1.165, 1.54) is 19.2 Å². The Bertz CT molecular complexity index is 709. The Balaban J connectivity index is 2.02. The zero-order valence-corrected chi connectivity index (χ0v) is 13.1. The zero-order chi connectivity index (χ0) is 16.8. The number of methoxy groups -OCH3 is 1. The van der Waals surface area contributed by atoms with E-state index >= 15 is 0 Å². The molecule has 7 nitrogen and oxygen atoms in total. The summed E-state index contributed by atoms with van der Waals surface area (Å²) >= 11 is 0. The molecule has 0 spiro atoms. The average molecular weight is 317 g/mol. The molecule has 0 radical (unpaired) electrons. The summed E-state index contributed by atoms with van der Waals surface area (Å²) in [5, 5.41) is 15.9. The summed E-state index contributed by atoms with van der Waals surface area (Å²) in [6.45, 7) is 0.277. The van der Waals surface area contributed by atoms with E-state index in [-0.39, 0.29) is 18.1 Å². The molecule has 0 fully saturated rings. The Labute approximate surface area is 133 Å². The highest BCUT2D eigenvalue weighted by Crippen LogP contribution is 2.17. The highest BCUT2D eigenvalue weighted by Gasteiger charge is 2.10. The number of nitrogens with zero attached hydrogens (tertiary/aromatic N) is 2.